The number of hydrogen-bond acceptors (Lipinski definition) is 1. The molecule has 0 N–H and O–H groups in total. The van der Waals surface area contributed by atoms with Crippen molar-refractivity contribution in [1.29, 1.82) is 0 Å². The van der Waals surface area contributed by atoms with E-state index in [1.54, 1.807) is 0 Å². The van der Waals surface area contributed by atoms with Crippen LogP contribution in [0.3, 0.4) is 0 Å². The molecule has 2 bridgehead atoms. The minimum Gasteiger partial charge on any atom is -0.302 e. The highest BCUT2D eigenvalue weighted by molar-refractivity contribution is 6.18. The molecule has 1 saturated heterocycles. The molecule has 1 aliphatic heterocycles. The Labute approximate surface area is 86.4 Å². The number of halogens is 1. The Morgan fingerprint density at radius 2 is 1.62 bits per heavy atom. The molecule has 1 nitrogen and oxygen atoms in total. The smallest absolute Gasteiger partial charge is 0.0351 e. The van der Waals surface area contributed by atoms with Gasteiger partial charge in [0.2, 0.25) is 0 Å². The molecule has 2 atom stereocenters. The van der Waals surface area contributed by atoms with Crippen LogP contribution < -0.4 is 0 Å². The normalized spacial score (nSPS) is 35.8. The standard InChI is InChI=1S/C11H20ClN/c12-6-7-13-8-10-2-1-3-11(9-13)5-4-10/h10-11H,1-9H2. The molecule has 0 spiro atoms. The first kappa shape index (κ1) is 9.79. The topological polar surface area (TPSA) is 3.24 Å². The zero-order valence-electron chi connectivity index (χ0n) is 8.34. The Bertz CT molecular complexity index is 146. The molecule has 0 amide bonds. The number of nitrogens with zero attached hydrogens (tertiary/aromatic N) is 1. The largest absolute Gasteiger partial charge is 0.302 e. The number of fused-ring (bicyclic) bond motifs is 3. The summed E-state index contributed by atoms with van der Waals surface area (Å²) in [5.74, 6) is 2.77. The van der Waals surface area contributed by atoms with Gasteiger partial charge in [0.25, 0.3) is 0 Å². The summed E-state index contributed by atoms with van der Waals surface area (Å²) in [6, 6.07) is 0. The lowest BCUT2D eigenvalue weighted by Gasteiger charge is -2.27. The summed E-state index contributed by atoms with van der Waals surface area (Å²) in [5.41, 5.74) is 0. The van der Waals surface area contributed by atoms with Crippen LogP contribution in [-0.4, -0.2) is 30.4 Å². The summed E-state index contributed by atoms with van der Waals surface area (Å²) < 4.78 is 0. The van der Waals surface area contributed by atoms with Crippen LogP contribution in [0.2, 0.25) is 0 Å². The van der Waals surface area contributed by atoms with E-state index >= 15 is 0 Å². The second-order valence-corrected chi connectivity index (χ2v) is 5.07. The van der Waals surface area contributed by atoms with E-state index in [-0.39, 0.29) is 0 Å². The molecule has 0 radical (unpaired) electrons. The fourth-order valence-electron chi connectivity index (χ4n) is 2.93. The van der Waals surface area contributed by atoms with Gasteiger partial charge in [0.05, 0.1) is 0 Å². The molecule has 1 aliphatic carbocycles. The SMILES string of the molecule is ClCCN1CC2CCCC(CC2)C1. The van der Waals surface area contributed by atoms with Crippen LogP contribution in [-0.2, 0) is 0 Å². The molecule has 1 saturated carbocycles. The van der Waals surface area contributed by atoms with Crippen LogP contribution in [0.5, 0.6) is 0 Å². The van der Waals surface area contributed by atoms with Crippen molar-refractivity contribution >= 4 is 11.6 Å². The molecule has 76 valence electrons. The maximum Gasteiger partial charge on any atom is 0.0351 e. The maximum absolute atomic E-state index is 5.80. The average Bonchev–Trinajstić information content (AvgIpc) is 2.37. The molecule has 2 aliphatic rings. The van der Waals surface area contributed by atoms with Gasteiger partial charge in [-0.05, 0) is 37.5 Å². The van der Waals surface area contributed by atoms with Crippen LogP contribution in [0, 0.1) is 11.8 Å². The van der Waals surface area contributed by atoms with E-state index in [1.807, 2.05) is 0 Å². The third kappa shape index (κ3) is 2.60. The fraction of sp³-hybridized carbons (Fsp3) is 1.00. The highest BCUT2D eigenvalue weighted by Gasteiger charge is 2.26. The number of rotatable bonds is 2. The van der Waals surface area contributed by atoms with E-state index in [9.17, 15) is 0 Å². The van der Waals surface area contributed by atoms with Crippen LogP contribution in [0.4, 0.5) is 0 Å². The monoisotopic (exact) mass is 201 g/mol. The van der Waals surface area contributed by atoms with Crippen molar-refractivity contribution in [2.75, 3.05) is 25.5 Å². The van der Waals surface area contributed by atoms with E-state index in [0.29, 0.717) is 0 Å². The summed E-state index contributed by atoms with van der Waals surface area (Å²) in [7, 11) is 0. The zero-order chi connectivity index (χ0) is 9.10. The first-order valence-electron chi connectivity index (χ1n) is 5.67. The van der Waals surface area contributed by atoms with Crippen molar-refractivity contribution in [1.82, 2.24) is 4.90 Å². The van der Waals surface area contributed by atoms with Crippen molar-refractivity contribution < 1.29 is 0 Å². The molecule has 0 aromatic rings. The van der Waals surface area contributed by atoms with Gasteiger partial charge in [-0.2, -0.15) is 0 Å². The molecule has 2 fully saturated rings. The first-order chi connectivity index (χ1) is 6.38. The zero-order valence-corrected chi connectivity index (χ0v) is 9.10. The van der Waals surface area contributed by atoms with Gasteiger partial charge in [-0.3, -0.25) is 0 Å². The Hall–Kier alpha value is 0.250. The second-order valence-electron chi connectivity index (χ2n) is 4.69. The van der Waals surface area contributed by atoms with Crippen LogP contribution in [0.25, 0.3) is 0 Å². The third-order valence-corrected chi connectivity index (χ3v) is 3.81. The Kier molecular flexibility index (Phi) is 3.51. The second kappa shape index (κ2) is 4.65. The summed E-state index contributed by atoms with van der Waals surface area (Å²) in [4.78, 5) is 2.59. The molecule has 2 unspecified atom stereocenters. The molecular formula is C11H20ClN. The average molecular weight is 202 g/mol. The Balaban J connectivity index is 1.95. The lowest BCUT2D eigenvalue weighted by atomic mass is 10.00. The summed E-state index contributed by atoms with van der Waals surface area (Å²) >= 11 is 5.80. The highest BCUT2D eigenvalue weighted by Crippen LogP contribution is 2.31. The van der Waals surface area contributed by atoms with Gasteiger partial charge in [-0.1, -0.05) is 6.42 Å². The lowest BCUT2D eigenvalue weighted by Crippen LogP contribution is -2.34. The van der Waals surface area contributed by atoms with E-state index in [1.165, 1.54) is 45.2 Å². The van der Waals surface area contributed by atoms with Crippen LogP contribution >= 0.6 is 11.6 Å². The highest BCUT2D eigenvalue weighted by atomic mass is 35.5. The van der Waals surface area contributed by atoms with Gasteiger partial charge < -0.3 is 4.90 Å². The van der Waals surface area contributed by atoms with Crippen molar-refractivity contribution in [3.8, 4) is 0 Å². The van der Waals surface area contributed by atoms with Crippen molar-refractivity contribution in [3.05, 3.63) is 0 Å². The maximum atomic E-state index is 5.80. The summed E-state index contributed by atoms with van der Waals surface area (Å²) in [5, 5.41) is 0. The third-order valence-electron chi connectivity index (χ3n) is 3.64. The molecule has 0 aromatic carbocycles. The van der Waals surface area contributed by atoms with Crippen LogP contribution in [0.1, 0.15) is 32.1 Å². The van der Waals surface area contributed by atoms with Gasteiger partial charge in [0, 0.05) is 25.5 Å². The molecular weight excluding hydrogens is 182 g/mol. The molecule has 2 heteroatoms. The summed E-state index contributed by atoms with van der Waals surface area (Å²) in [6.45, 7) is 3.75. The van der Waals surface area contributed by atoms with Gasteiger partial charge in [0.1, 0.15) is 0 Å². The molecule has 2 rings (SSSR count). The Morgan fingerprint density at radius 1 is 1.00 bits per heavy atom. The Morgan fingerprint density at radius 3 is 2.15 bits per heavy atom. The van der Waals surface area contributed by atoms with Crippen molar-refractivity contribution in [3.63, 3.8) is 0 Å². The first-order valence-corrected chi connectivity index (χ1v) is 6.20. The van der Waals surface area contributed by atoms with Gasteiger partial charge in [0.15, 0.2) is 0 Å². The predicted octanol–water partition coefficient (Wildman–Crippen LogP) is 2.74. The number of hydrogen-bond donors (Lipinski definition) is 0. The fourth-order valence-corrected chi connectivity index (χ4v) is 3.17. The van der Waals surface area contributed by atoms with Gasteiger partial charge in [-0.25, -0.2) is 0 Å². The van der Waals surface area contributed by atoms with E-state index in [4.69, 9.17) is 11.6 Å². The number of alkyl halides is 1. The van der Waals surface area contributed by atoms with Gasteiger partial charge in [-0.15, -0.1) is 11.6 Å². The van der Waals surface area contributed by atoms with E-state index in [2.05, 4.69) is 4.90 Å². The molecule has 0 aromatic heterocycles. The molecule has 13 heavy (non-hydrogen) atoms. The van der Waals surface area contributed by atoms with E-state index < -0.39 is 0 Å². The van der Waals surface area contributed by atoms with Crippen molar-refractivity contribution in [2.24, 2.45) is 11.8 Å². The van der Waals surface area contributed by atoms with Crippen LogP contribution in [0.15, 0.2) is 0 Å². The van der Waals surface area contributed by atoms with E-state index in [0.717, 1.165) is 24.3 Å². The minimum absolute atomic E-state index is 0.805. The predicted molar refractivity (Wildman–Crippen MR) is 57.2 cm³/mol. The van der Waals surface area contributed by atoms with Crippen molar-refractivity contribution in [2.45, 2.75) is 32.1 Å². The van der Waals surface area contributed by atoms with Gasteiger partial charge >= 0.3 is 0 Å². The number of likely N-dealkylation sites (tertiary alicyclic amines) is 1. The molecule has 1 heterocycles. The lowest BCUT2D eigenvalue weighted by molar-refractivity contribution is 0.209. The quantitative estimate of drug-likeness (QED) is 0.622. The minimum atomic E-state index is 0.805. The summed E-state index contributed by atoms with van der Waals surface area (Å²) in [6.07, 6.45) is 7.36.